The van der Waals surface area contributed by atoms with E-state index in [1.807, 2.05) is 0 Å². The van der Waals surface area contributed by atoms with Crippen molar-refractivity contribution in [1.82, 2.24) is 4.98 Å². The van der Waals surface area contributed by atoms with E-state index in [0.717, 1.165) is 18.5 Å². The van der Waals surface area contributed by atoms with Crippen LogP contribution in [0.1, 0.15) is 25.0 Å². The molecule has 1 saturated carbocycles. The number of hydrogen-bond acceptors (Lipinski definition) is 4. The normalized spacial score (nSPS) is 17.4. The quantitative estimate of drug-likeness (QED) is 0.733. The average Bonchev–Trinajstić information content (AvgIpc) is 2.44. The number of nitrogens with two attached hydrogens (primary N) is 1. The van der Waals surface area contributed by atoms with Crippen LogP contribution in [0.3, 0.4) is 0 Å². The zero-order valence-electron chi connectivity index (χ0n) is 6.82. The molecule has 12 heavy (non-hydrogen) atoms. The first-order chi connectivity index (χ1) is 5.88. The largest absolute Gasteiger partial charge is 0.447 e. The Labute approximate surface area is 70.7 Å². The zero-order valence-corrected chi connectivity index (χ0v) is 6.82. The molecule has 0 aliphatic heterocycles. The van der Waals surface area contributed by atoms with Gasteiger partial charge >= 0.3 is 6.08 Å². The molecule has 0 bridgehead atoms. The summed E-state index contributed by atoms with van der Waals surface area (Å²) in [6, 6.07) is 0. The summed E-state index contributed by atoms with van der Waals surface area (Å²) in [5.74, 6) is 0. The molecule has 1 aromatic heterocycles. The standard InChI is InChI=1S/C8H12N2O2/c9-4-6-5-11-8(10-6)12-7-2-1-3-7/h5,7H,1-4,9H2. The highest BCUT2D eigenvalue weighted by molar-refractivity contribution is 4.99. The maximum Gasteiger partial charge on any atom is 0.394 e. The molecule has 4 heteroatoms. The molecule has 1 aliphatic carbocycles. The van der Waals surface area contributed by atoms with Gasteiger partial charge in [0.2, 0.25) is 0 Å². The van der Waals surface area contributed by atoms with Crippen LogP contribution < -0.4 is 10.5 Å². The zero-order chi connectivity index (χ0) is 8.39. The Balaban J connectivity index is 1.93. The summed E-state index contributed by atoms with van der Waals surface area (Å²) in [6.45, 7) is 0.400. The Hall–Kier alpha value is -1.03. The fourth-order valence-electron chi connectivity index (χ4n) is 1.07. The molecule has 0 saturated heterocycles. The van der Waals surface area contributed by atoms with Crippen LogP contribution in [0.5, 0.6) is 6.08 Å². The lowest BCUT2D eigenvalue weighted by Crippen LogP contribution is -2.24. The first kappa shape index (κ1) is 7.61. The van der Waals surface area contributed by atoms with Crippen molar-refractivity contribution in [1.29, 1.82) is 0 Å². The van der Waals surface area contributed by atoms with Gasteiger partial charge in [-0.1, -0.05) is 0 Å². The topological polar surface area (TPSA) is 61.3 Å². The molecule has 0 spiro atoms. The smallest absolute Gasteiger partial charge is 0.394 e. The molecule has 4 nitrogen and oxygen atoms in total. The predicted molar refractivity (Wildman–Crippen MR) is 42.7 cm³/mol. The molecule has 2 rings (SSSR count). The van der Waals surface area contributed by atoms with E-state index in [4.69, 9.17) is 14.9 Å². The second-order valence-corrected chi connectivity index (χ2v) is 2.98. The minimum Gasteiger partial charge on any atom is -0.447 e. The maximum atomic E-state index is 5.40. The number of ether oxygens (including phenoxy) is 1. The molecule has 1 fully saturated rings. The second kappa shape index (κ2) is 3.15. The Kier molecular flexibility index (Phi) is 1.99. The molecule has 0 radical (unpaired) electrons. The lowest BCUT2D eigenvalue weighted by molar-refractivity contribution is 0.0834. The molecule has 2 N–H and O–H groups in total. The van der Waals surface area contributed by atoms with E-state index in [0.29, 0.717) is 18.7 Å². The summed E-state index contributed by atoms with van der Waals surface area (Å²) in [4.78, 5) is 4.04. The van der Waals surface area contributed by atoms with E-state index in [2.05, 4.69) is 4.98 Å². The van der Waals surface area contributed by atoms with E-state index >= 15 is 0 Å². The highest BCUT2D eigenvalue weighted by atomic mass is 16.6. The van der Waals surface area contributed by atoms with Crippen LogP contribution in [0, 0.1) is 0 Å². The van der Waals surface area contributed by atoms with Gasteiger partial charge < -0.3 is 14.9 Å². The maximum absolute atomic E-state index is 5.40. The van der Waals surface area contributed by atoms with Crippen molar-refractivity contribution in [3.63, 3.8) is 0 Å². The minimum absolute atomic E-state index is 0.314. The SMILES string of the molecule is NCc1coc(OC2CCC2)n1. The van der Waals surface area contributed by atoms with Crippen LogP contribution in [0.2, 0.25) is 0 Å². The van der Waals surface area contributed by atoms with Crippen molar-refractivity contribution in [2.24, 2.45) is 5.73 Å². The number of nitrogens with zero attached hydrogens (tertiary/aromatic N) is 1. The predicted octanol–water partition coefficient (Wildman–Crippen LogP) is 1.06. The number of oxazole rings is 1. The molecule has 66 valence electrons. The Morgan fingerprint density at radius 2 is 2.50 bits per heavy atom. The van der Waals surface area contributed by atoms with Crippen LogP contribution >= 0.6 is 0 Å². The van der Waals surface area contributed by atoms with Gasteiger partial charge in [-0.15, -0.1) is 0 Å². The van der Waals surface area contributed by atoms with Gasteiger partial charge in [-0.05, 0) is 19.3 Å². The van der Waals surface area contributed by atoms with E-state index in [9.17, 15) is 0 Å². The molecule has 0 atom stereocenters. The third-order valence-corrected chi connectivity index (χ3v) is 2.06. The van der Waals surface area contributed by atoms with Gasteiger partial charge in [0.25, 0.3) is 0 Å². The number of rotatable bonds is 3. The molecular formula is C8H12N2O2. The first-order valence-electron chi connectivity index (χ1n) is 4.19. The molecule has 1 aliphatic rings. The van der Waals surface area contributed by atoms with Crippen molar-refractivity contribution < 1.29 is 9.15 Å². The summed E-state index contributed by atoms with van der Waals surface area (Å²) in [5.41, 5.74) is 6.10. The van der Waals surface area contributed by atoms with Gasteiger partial charge in [-0.2, -0.15) is 4.98 Å². The fraction of sp³-hybridized carbons (Fsp3) is 0.625. The Bertz CT molecular complexity index is 255. The Morgan fingerprint density at radius 1 is 1.67 bits per heavy atom. The van der Waals surface area contributed by atoms with E-state index < -0.39 is 0 Å². The van der Waals surface area contributed by atoms with E-state index in [-0.39, 0.29) is 0 Å². The third-order valence-electron chi connectivity index (χ3n) is 2.06. The fourth-order valence-corrected chi connectivity index (χ4v) is 1.07. The van der Waals surface area contributed by atoms with Crippen LogP contribution in [0.15, 0.2) is 10.7 Å². The summed E-state index contributed by atoms with van der Waals surface area (Å²) in [5, 5.41) is 0. The van der Waals surface area contributed by atoms with Crippen molar-refractivity contribution in [2.45, 2.75) is 31.9 Å². The lowest BCUT2D eigenvalue weighted by Gasteiger charge is -2.23. The lowest BCUT2D eigenvalue weighted by atomic mass is 9.96. The average molecular weight is 168 g/mol. The van der Waals surface area contributed by atoms with Crippen LogP contribution in [-0.2, 0) is 6.54 Å². The van der Waals surface area contributed by atoms with Gasteiger partial charge in [0.15, 0.2) is 0 Å². The molecule has 1 aromatic rings. The molecular weight excluding hydrogens is 156 g/mol. The highest BCUT2D eigenvalue weighted by Crippen LogP contribution is 2.24. The van der Waals surface area contributed by atoms with Crippen molar-refractivity contribution in [3.05, 3.63) is 12.0 Å². The van der Waals surface area contributed by atoms with Crippen LogP contribution in [-0.4, -0.2) is 11.1 Å². The van der Waals surface area contributed by atoms with Crippen molar-refractivity contribution in [3.8, 4) is 6.08 Å². The van der Waals surface area contributed by atoms with Gasteiger partial charge in [-0.3, -0.25) is 0 Å². The van der Waals surface area contributed by atoms with Crippen LogP contribution in [0.4, 0.5) is 0 Å². The van der Waals surface area contributed by atoms with Crippen molar-refractivity contribution >= 4 is 0 Å². The summed E-state index contributed by atoms with van der Waals surface area (Å²) in [6.07, 6.45) is 5.68. The molecule has 0 unspecified atom stereocenters. The number of hydrogen-bond donors (Lipinski definition) is 1. The highest BCUT2D eigenvalue weighted by Gasteiger charge is 2.21. The monoisotopic (exact) mass is 168 g/mol. The second-order valence-electron chi connectivity index (χ2n) is 2.98. The van der Waals surface area contributed by atoms with E-state index in [1.165, 1.54) is 12.7 Å². The Morgan fingerprint density at radius 3 is 3.00 bits per heavy atom. The summed E-state index contributed by atoms with van der Waals surface area (Å²) >= 11 is 0. The number of aromatic nitrogens is 1. The molecule has 0 aromatic carbocycles. The van der Waals surface area contributed by atoms with Gasteiger partial charge in [0.1, 0.15) is 12.4 Å². The molecule has 1 heterocycles. The first-order valence-corrected chi connectivity index (χ1v) is 4.19. The van der Waals surface area contributed by atoms with Crippen LogP contribution in [0.25, 0.3) is 0 Å². The summed E-state index contributed by atoms with van der Waals surface area (Å²) < 4.78 is 10.4. The minimum atomic E-state index is 0.314. The van der Waals surface area contributed by atoms with Gasteiger partial charge in [0, 0.05) is 6.54 Å². The third kappa shape index (κ3) is 1.43. The van der Waals surface area contributed by atoms with Crippen molar-refractivity contribution in [2.75, 3.05) is 0 Å². The molecule has 0 amide bonds. The summed E-state index contributed by atoms with van der Waals surface area (Å²) in [7, 11) is 0. The van der Waals surface area contributed by atoms with E-state index in [1.54, 1.807) is 0 Å². The van der Waals surface area contributed by atoms with Gasteiger partial charge in [-0.25, -0.2) is 0 Å². The van der Waals surface area contributed by atoms with Gasteiger partial charge in [0.05, 0.1) is 5.69 Å².